The first kappa shape index (κ1) is 12.1. The third-order valence-corrected chi connectivity index (χ3v) is 1.60. The normalized spacial score (nSPS) is 12.5. The smallest absolute Gasteiger partial charge is 0.509 e. The SMILES string of the molecule is CC(=O)C(=C(C)OB(F)F)C(C)C. The van der Waals surface area contributed by atoms with Crippen LogP contribution in [0.15, 0.2) is 11.3 Å². The monoisotopic (exact) mass is 190 g/mol. The number of halogens is 2. The quantitative estimate of drug-likeness (QED) is 0.386. The summed E-state index contributed by atoms with van der Waals surface area (Å²) in [6, 6.07) is 0. The molecule has 0 aliphatic carbocycles. The number of carbonyl (C=O) groups excluding carboxylic acids is 1. The molecule has 2 nitrogen and oxygen atoms in total. The molecule has 0 N–H and O–H groups in total. The Hall–Kier alpha value is -0.865. The van der Waals surface area contributed by atoms with E-state index in [1.54, 1.807) is 13.8 Å². The number of Topliss-reactive ketones (excluding diaryl/α,β-unsaturated/α-hetero) is 1. The van der Waals surface area contributed by atoms with Crippen molar-refractivity contribution in [2.45, 2.75) is 27.7 Å². The highest BCUT2D eigenvalue weighted by molar-refractivity contribution is 6.34. The number of ketones is 1. The lowest BCUT2D eigenvalue weighted by molar-refractivity contribution is -0.114. The van der Waals surface area contributed by atoms with Crippen LogP contribution in [0.5, 0.6) is 0 Å². The molecule has 0 unspecified atom stereocenters. The Morgan fingerprint density at radius 2 is 1.77 bits per heavy atom. The zero-order valence-electron chi connectivity index (χ0n) is 8.23. The molecule has 0 saturated carbocycles. The van der Waals surface area contributed by atoms with Gasteiger partial charge in [0.1, 0.15) is 0 Å². The number of hydrogen-bond acceptors (Lipinski definition) is 2. The minimum Gasteiger partial charge on any atom is -0.509 e. The second-order valence-corrected chi connectivity index (χ2v) is 3.06. The van der Waals surface area contributed by atoms with Gasteiger partial charge in [0, 0.05) is 5.57 Å². The van der Waals surface area contributed by atoms with Crippen LogP contribution in [0.4, 0.5) is 8.63 Å². The van der Waals surface area contributed by atoms with E-state index in [1.807, 2.05) is 0 Å². The van der Waals surface area contributed by atoms with Crippen LogP contribution in [-0.4, -0.2) is 13.3 Å². The lowest BCUT2D eigenvalue weighted by atomic mass is 9.98. The molecule has 74 valence electrons. The Bertz CT molecular complexity index is 224. The summed E-state index contributed by atoms with van der Waals surface area (Å²) < 4.78 is 27.8. The van der Waals surface area contributed by atoms with Gasteiger partial charge in [-0.3, -0.25) is 4.79 Å². The van der Waals surface area contributed by atoms with Gasteiger partial charge in [-0.05, 0) is 19.8 Å². The molecule has 0 heterocycles. The van der Waals surface area contributed by atoms with E-state index in [9.17, 15) is 13.4 Å². The highest BCUT2D eigenvalue weighted by Crippen LogP contribution is 2.17. The van der Waals surface area contributed by atoms with Gasteiger partial charge in [-0.1, -0.05) is 13.8 Å². The maximum Gasteiger partial charge on any atom is 0.796 e. The molecule has 0 bridgehead atoms. The standard InChI is InChI=1S/C8H13BF2O2/c1-5(2)8(6(3)12)7(4)13-9(10)11/h5H,1-4H3. The lowest BCUT2D eigenvalue weighted by Crippen LogP contribution is -2.12. The lowest BCUT2D eigenvalue weighted by Gasteiger charge is -2.12. The van der Waals surface area contributed by atoms with E-state index in [2.05, 4.69) is 4.65 Å². The van der Waals surface area contributed by atoms with Crippen molar-refractivity contribution in [3.8, 4) is 0 Å². The summed E-state index contributed by atoms with van der Waals surface area (Å²) in [5, 5.41) is 0. The fraction of sp³-hybridized carbons (Fsp3) is 0.625. The molecule has 13 heavy (non-hydrogen) atoms. The van der Waals surface area contributed by atoms with Gasteiger partial charge in [0.15, 0.2) is 5.78 Å². The van der Waals surface area contributed by atoms with Crippen molar-refractivity contribution in [2.75, 3.05) is 0 Å². The molecule has 0 aliphatic heterocycles. The van der Waals surface area contributed by atoms with Crippen molar-refractivity contribution < 1.29 is 18.1 Å². The van der Waals surface area contributed by atoms with Gasteiger partial charge in [-0.15, -0.1) is 0 Å². The van der Waals surface area contributed by atoms with Crippen molar-refractivity contribution in [2.24, 2.45) is 5.92 Å². The van der Waals surface area contributed by atoms with Crippen LogP contribution < -0.4 is 0 Å². The fourth-order valence-corrected chi connectivity index (χ4v) is 1.26. The minimum atomic E-state index is -2.87. The van der Waals surface area contributed by atoms with E-state index in [1.165, 1.54) is 13.8 Å². The van der Waals surface area contributed by atoms with Crippen LogP contribution in [0, 0.1) is 5.92 Å². The van der Waals surface area contributed by atoms with Crippen molar-refractivity contribution in [1.29, 1.82) is 0 Å². The Morgan fingerprint density at radius 3 is 2.00 bits per heavy atom. The zero-order valence-corrected chi connectivity index (χ0v) is 8.23. The highest BCUT2D eigenvalue weighted by atomic mass is 19.2. The van der Waals surface area contributed by atoms with Crippen LogP contribution in [0.1, 0.15) is 27.7 Å². The predicted molar refractivity (Wildman–Crippen MR) is 47.3 cm³/mol. The molecule has 0 fully saturated rings. The van der Waals surface area contributed by atoms with Crippen LogP contribution in [0.3, 0.4) is 0 Å². The van der Waals surface area contributed by atoms with Crippen molar-refractivity contribution >= 4 is 13.3 Å². The van der Waals surface area contributed by atoms with E-state index in [0.29, 0.717) is 5.57 Å². The number of carbonyl (C=O) groups is 1. The van der Waals surface area contributed by atoms with E-state index in [-0.39, 0.29) is 17.5 Å². The first-order chi connectivity index (χ1) is 5.86. The van der Waals surface area contributed by atoms with E-state index >= 15 is 0 Å². The summed E-state index contributed by atoms with van der Waals surface area (Å²) in [5.41, 5.74) is 0.320. The average molecular weight is 190 g/mol. The van der Waals surface area contributed by atoms with Crippen molar-refractivity contribution in [3.63, 3.8) is 0 Å². The molecule has 0 atom stereocenters. The maximum atomic E-state index is 11.8. The molecule has 0 rings (SSSR count). The molecule has 0 aromatic carbocycles. The van der Waals surface area contributed by atoms with Crippen molar-refractivity contribution in [1.82, 2.24) is 0 Å². The van der Waals surface area contributed by atoms with Gasteiger partial charge in [0.05, 0.1) is 5.76 Å². The largest absolute Gasteiger partial charge is 0.796 e. The molecule has 0 radical (unpaired) electrons. The summed E-state index contributed by atoms with van der Waals surface area (Å²) in [5.74, 6) is -0.318. The topological polar surface area (TPSA) is 26.3 Å². The Labute approximate surface area is 77.2 Å². The Balaban J connectivity index is 4.76. The number of rotatable bonds is 4. The van der Waals surface area contributed by atoms with Gasteiger partial charge in [0.25, 0.3) is 0 Å². The second kappa shape index (κ2) is 4.99. The molecular formula is C8H13BF2O2. The first-order valence-corrected chi connectivity index (χ1v) is 4.02. The third-order valence-electron chi connectivity index (χ3n) is 1.60. The minimum absolute atomic E-state index is 0.0116. The van der Waals surface area contributed by atoms with Gasteiger partial charge < -0.3 is 4.65 Å². The van der Waals surface area contributed by atoms with Crippen LogP contribution in [-0.2, 0) is 9.45 Å². The van der Waals surface area contributed by atoms with Gasteiger partial charge in [-0.25, -0.2) is 8.63 Å². The van der Waals surface area contributed by atoms with E-state index in [0.717, 1.165) is 0 Å². The summed E-state index contributed by atoms with van der Waals surface area (Å²) in [6.45, 7) is 6.24. The third kappa shape index (κ3) is 4.06. The molecule has 0 amide bonds. The summed E-state index contributed by atoms with van der Waals surface area (Å²) >= 11 is 0. The van der Waals surface area contributed by atoms with Crippen LogP contribution >= 0.6 is 0 Å². The van der Waals surface area contributed by atoms with Gasteiger partial charge >= 0.3 is 7.47 Å². The maximum absolute atomic E-state index is 11.8. The summed E-state index contributed by atoms with van der Waals surface area (Å²) in [4.78, 5) is 11.0. The van der Waals surface area contributed by atoms with E-state index < -0.39 is 7.47 Å². The fourth-order valence-electron chi connectivity index (χ4n) is 1.26. The highest BCUT2D eigenvalue weighted by Gasteiger charge is 2.21. The average Bonchev–Trinajstić information content (AvgIpc) is 1.81. The molecular weight excluding hydrogens is 177 g/mol. The predicted octanol–water partition coefficient (Wildman–Crippen LogP) is 2.45. The molecule has 5 heteroatoms. The van der Waals surface area contributed by atoms with Gasteiger partial charge in [0.2, 0.25) is 0 Å². The molecule has 0 aromatic rings. The van der Waals surface area contributed by atoms with Gasteiger partial charge in [-0.2, -0.15) is 0 Å². The van der Waals surface area contributed by atoms with Crippen LogP contribution in [0.2, 0.25) is 0 Å². The number of hydrogen-bond donors (Lipinski definition) is 0. The first-order valence-electron chi connectivity index (χ1n) is 4.02. The summed E-state index contributed by atoms with van der Waals surface area (Å²) in [6.07, 6.45) is 0. The Kier molecular flexibility index (Phi) is 4.66. The molecule has 0 aliphatic rings. The number of allylic oxidation sites excluding steroid dienone is 2. The van der Waals surface area contributed by atoms with Crippen molar-refractivity contribution in [3.05, 3.63) is 11.3 Å². The Morgan fingerprint density at radius 1 is 1.31 bits per heavy atom. The zero-order chi connectivity index (χ0) is 10.6. The second-order valence-electron chi connectivity index (χ2n) is 3.06. The van der Waals surface area contributed by atoms with Crippen LogP contribution in [0.25, 0.3) is 0 Å². The molecule has 0 saturated heterocycles. The van der Waals surface area contributed by atoms with E-state index in [4.69, 9.17) is 0 Å². The molecule has 0 spiro atoms. The molecule has 0 aromatic heterocycles. The summed E-state index contributed by atoms with van der Waals surface area (Å²) in [7, 11) is -2.87.